The smallest absolute Gasteiger partial charge is 0.267 e. The van der Waals surface area contributed by atoms with E-state index in [0.29, 0.717) is 30.8 Å². The summed E-state index contributed by atoms with van der Waals surface area (Å²) in [5.41, 5.74) is 1.96. The molecule has 4 nitrogen and oxygen atoms in total. The highest BCUT2D eigenvalue weighted by Crippen LogP contribution is 2.22. The van der Waals surface area contributed by atoms with Crippen LogP contribution in [0.4, 0.5) is 4.39 Å². The Kier molecular flexibility index (Phi) is 4.75. The predicted octanol–water partition coefficient (Wildman–Crippen LogP) is 4.39. The molecule has 0 atom stereocenters. The van der Waals surface area contributed by atoms with Gasteiger partial charge in [-0.3, -0.25) is 4.79 Å². The van der Waals surface area contributed by atoms with Gasteiger partial charge in [-0.15, -0.1) is 0 Å². The molecule has 5 heteroatoms. The summed E-state index contributed by atoms with van der Waals surface area (Å²) in [7, 11) is 0. The number of benzene rings is 2. The number of amides is 1. The van der Waals surface area contributed by atoms with Crippen LogP contribution in [0.2, 0.25) is 0 Å². The molecule has 0 aliphatic rings. The maximum Gasteiger partial charge on any atom is 0.267 e. The van der Waals surface area contributed by atoms with Crippen LogP contribution in [0, 0.1) is 5.82 Å². The summed E-state index contributed by atoms with van der Waals surface area (Å²) < 4.78 is 21.3. The molecule has 0 aliphatic carbocycles. The molecule has 0 bridgehead atoms. The minimum Gasteiger partial charge on any atom is -0.469 e. The Morgan fingerprint density at radius 2 is 1.85 bits per heavy atom. The summed E-state index contributed by atoms with van der Waals surface area (Å²) in [5, 5.41) is 3.87. The molecule has 4 rings (SSSR count). The average molecular weight is 362 g/mol. The first kappa shape index (κ1) is 17.1. The second-order valence-corrected chi connectivity index (χ2v) is 6.35. The number of carbonyl (C=O) groups excluding carboxylic acids is 1. The van der Waals surface area contributed by atoms with Crippen molar-refractivity contribution in [3.8, 4) is 0 Å². The highest BCUT2D eigenvalue weighted by atomic mass is 19.1. The molecular weight excluding hydrogens is 343 g/mol. The number of rotatable bonds is 6. The predicted molar refractivity (Wildman–Crippen MR) is 102 cm³/mol. The first-order valence-corrected chi connectivity index (χ1v) is 8.84. The lowest BCUT2D eigenvalue weighted by Gasteiger charge is -2.12. The fraction of sp³-hybridized carbons (Fsp3) is 0.136. The summed E-state index contributed by atoms with van der Waals surface area (Å²) >= 11 is 0. The summed E-state index contributed by atoms with van der Waals surface area (Å²) in [6, 6.07) is 19.9. The minimum absolute atomic E-state index is 0.186. The van der Waals surface area contributed by atoms with Gasteiger partial charge >= 0.3 is 0 Å². The molecular formula is C22H19FN2O2. The second kappa shape index (κ2) is 7.50. The van der Waals surface area contributed by atoms with Gasteiger partial charge in [-0.1, -0.05) is 36.4 Å². The van der Waals surface area contributed by atoms with E-state index >= 15 is 0 Å². The Balaban J connectivity index is 1.61. The lowest BCUT2D eigenvalue weighted by Crippen LogP contribution is -2.28. The number of nitrogens with zero attached hydrogens (tertiary/aromatic N) is 1. The van der Waals surface area contributed by atoms with Crippen molar-refractivity contribution in [2.24, 2.45) is 0 Å². The zero-order chi connectivity index (χ0) is 18.6. The molecule has 0 saturated heterocycles. The maximum atomic E-state index is 14.1. The minimum atomic E-state index is -0.278. The van der Waals surface area contributed by atoms with E-state index in [1.807, 2.05) is 47.0 Å². The van der Waals surface area contributed by atoms with E-state index < -0.39 is 0 Å². The number of fused-ring (bicyclic) bond motifs is 1. The van der Waals surface area contributed by atoms with Crippen molar-refractivity contribution in [3.05, 3.63) is 95.8 Å². The second-order valence-electron chi connectivity index (χ2n) is 6.35. The van der Waals surface area contributed by atoms with Gasteiger partial charge in [0.2, 0.25) is 0 Å². The van der Waals surface area contributed by atoms with Crippen LogP contribution < -0.4 is 5.32 Å². The lowest BCUT2D eigenvalue weighted by atomic mass is 10.2. The molecule has 2 aromatic carbocycles. The number of nitrogens with one attached hydrogen (secondary N) is 1. The van der Waals surface area contributed by atoms with Gasteiger partial charge in [0, 0.05) is 29.4 Å². The molecule has 2 heterocycles. The third kappa shape index (κ3) is 3.62. The highest BCUT2D eigenvalue weighted by Gasteiger charge is 2.16. The van der Waals surface area contributed by atoms with Crippen LogP contribution >= 0.6 is 0 Å². The largest absolute Gasteiger partial charge is 0.469 e. The van der Waals surface area contributed by atoms with Crippen LogP contribution in [0.3, 0.4) is 0 Å². The van der Waals surface area contributed by atoms with E-state index in [9.17, 15) is 9.18 Å². The van der Waals surface area contributed by atoms with Crippen molar-refractivity contribution >= 4 is 16.8 Å². The number of carbonyl (C=O) groups is 1. The zero-order valence-electron chi connectivity index (χ0n) is 14.7. The molecule has 0 aliphatic heterocycles. The number of furan rings is 1. The van der Waals surface area contributed by atoms with Crippen molar-refractivity contribution in [1.29, 1.82) is 0 Å². The molecule has 0 fully saturated rings. The number of hydrogen-bond acceptors (Lipinski definition) is 2. The number of halogens is 1. The van der Waals surface area contributed by atoms with Crippen LogP contribution in [-0.4, -0.2) is 17.0 Å². The maximum absolute atomic E-state index is 14.1. The van der Waals surface area contributed by atoms with E-state index in [1.165, 1.54) is 6.07 Å². The molecule has 27 heavy (non-hydrogen) atoms. The molecule has 0 saturated carbocycles. The van der Waals surface area contributed by atoms with E-state index in [0.717, 1.165) is 16.7 Å². The molecule has 0 radical (unpaired) electrons. The van der Waals surface area contributed by atoms with Crippen molar-refractivity contribution in [3.63, 3.8) is 0 Å². The Bertz CT molecular complexity index is 1070. The van der Waals surface area contributed by atoms with E-state index in [1.54, 1.807) is 24.5 Å². The van der Waals surface area contributed by atoms with Gasteiger partial charge < -0.3 is 14.3 Å². The van der Waals surface area contributed by atoms with Gasteiger partial charge in [0.1, 0.15) is 17.3 Å². The van der Waals surface area contributed by atoms with E-state index in [2.05, 4.69) is 5.32 Å². The summed E-state index contributed by atoms with van der Waals surface area (Å²) in [4.78, 5) is 12.8. The average Bonchev–Trinajstić information content (AvgIpc) is 3.32. The number of aromatic nitrogens is 1. The molecule has 1 amide bonds. The van der Waals surface area contributed by atoms with Gasteiger partial charge in [-0.05, 0) is 30.3 Å². The Morgan fingerprint density at radius 1 is 1.04 bits per heavy atom. The summed E-state index contributed by atoms with van der Waals surface area (Å²) in [6.45, 7) is 0.759. The van der Waals surface area contributed by atoms with Gasteiger partial charge in [0.15, 0.2) is 0 Å². The van der Waals surface area contributed by atoms with Gasteiger partial charge in [-0.2, -0.15) is 0 Å². The van der Waals surface area contributed by atoms with Crippen molar-refractivity contribution in [1.82, 2.24) is 9.88 Å². The van der Waals surface area contributed by atoms with Gasteiger partial charge in [-0.25, -0.2) is 4.39 Å². The number of para-hydroxylation sites is 1. The first-order chi connectivity index (χ1) is 13.2. The van der Waals surface area contributed by atoms with Crippen LogP contribution in [0.25, 0.3) is 10.9 Å². The SMILES string of the molecule is O=C(NCCc1ccco1)c1cc2ccccc2n1Cc1ccccc1F. The molecule has 136 valence electrons. The van der Waals surface area contributed by atoms with Gasteiger partial charge in [0.05, 0.1) is 12.8 Å². The van der Waals surface area contributed by atoms with Gasteiger partial charge in [0.25, 0.3) is 5.91 Å². The van der Waals surface area contributed by atoms with Crippen LogP contribution in [-0.2, 0) is 13.0 Å². The van der Waals surface area contributed by atoms with Crippen LogP contribution in [0.5, 0.6) is 0 Å². The van der Waals surface area contributed by atoms with E-state index in [-0.39, 0.29) is 11.7 Å². The topological polar surface area (TPSA) is 47.2 Å². The lowest BCUT2D eigenvalue weighted by molar-refractivity contribution is 0.0945. The fourth-order valence-electron chi connectivity index (χ4n) is 3.21. The zero-order valence-corrected chi connectivity index (χ0v) is 14.7. The van der Waals surface area contributed by atoms with Crippen LogP contribution in [0.1, 0.15) is 21.8 Å². The van der Waals surface area contributed by atoms with Crippen molar-refractivity contribution < 1.29 is 13.6 Å². The van der Waals surface area contributed by atoms with E-state index in [4.69, 9.17) is 4.42 Å². The molecule has 4 aromatic rings. The summed E-state index contributed by atoms with van der Waals surface area (Å²) in [6.07, 6.45) is 2.23. The third-order valence-corrected chi connectivity index (χ3v) is 4.57. The van der Waals surface area contributed by atoms with Crippen molar-refractivity contribution in [2.75, 3.05) is 6.54 Å². The normalized spacial score (nSPS) is 11.0. The monoisotopic (exact) mass is 362 g/mol. The molecule has 0 spiro atoms. The molecule has 1 N–H and O–H groups in total. The Morgan fingerprint density at radius 3 is 2.67 bits per heavy atom. The third-order valence-electron chi connectivity index (χ3n) is 4.57. The molecule has 2 aromatic heterocycles. The van der Waals surface area contributed by atoms with Crippen molar-refractivity contribution in [2.45, 2.75) is 13.0 Å². The standard InChI is InChI=1S/C22H19FN2O2/c23-19-9-3-1-7-17(19)15-25-20-10-4-2-6-16(20)14-21(25)22(26)24-12-11-18-8-5-13-27-18/h1-10,13-14H,11-12,15H2,(H,24,26). The first-order valence-electron chi connectivity index (χ1n) is 8.84. The Hall–Kier alpha value is -3.34. The van der Waals surface area contributed by atoms with Crippen LogP contribution in [0.15, 0.2) is 77.4 Å². The number of hydrogen-bond donors (Lipinski definition) is 1. The highest BCUT2D eigenvalue weighted by molar-refractivity contribution is 5.98. The quantitative estimate of drug-likeness (QED) is 0.553. The molecule has 0 unspecified atom stereocenters. The Labute approximate surface area is 156 Å². The summed E-state index contributed by atoms with van der Waals surface area (Å²) in [5.74, 6) is 0.357. The fourth-order valence-corrected chi connectivity index (χ4v) is 3.21.